The van der Waals surface area contributed by atoms with Crippen molar-refractivity contribution < 1.29 is 24.2 Å². The number of carboxylic acid groups (broad SMARTS) is 1. The number of amides is 1. The van der Waals surface area contributed by atoms with Crippen LogP contribution in [0.15, 0.2) is 24.3 Å². The van der Waals surface area contributed by atoms with E-state index >= 15 is 0 Å². The molecule has 7 heteroatoms. The highest BCUT2D eigenvalue weighted by atomic mass is 16.5. The zero-order valence-electron chi connectivity index (χ0n) is 12.4. The smallest absolute Gasteiger partial charge is 0.411 e. The summed E-state index contributed by atoms with van der Waals surface area (Å²) in [6.45, 7) is 0.699. The molecule has 2 atom stereocenters. The third kappa shape index (κ3) is 4.63. The average molecular weight is 308 g/mol. The zero-order chi connectivity index (χ0) is 15.9. The normalized spacial score (nSPS) is 18.5. The highest BCUT2D eigenvalue weighted by molar-refractivity contribution is 5.85. The van der Waals surface area contributed by atoms with Crippen molar-refractivity contribution in [1.82, 2.24) is 0 Å². The number of rotatable bonds is 6. The molecule has 0 bridgehead atoms. The maximum Gasteiger partial charge on any atom is 0.411 e. The molecular formula is C15H20N2O5. The van der Waals surface area contributed by atoms with E-state index < -0.39 is 18.1 Å². The van der Waals surface area contributed by atoms with Crippen molar-refractivity contribution in [3.05, 3.63) is 24.3 Å². The molecule has 0 radical (unpaired) electrons. The van der Waals surface area contributed by atoms with Gasteiger partial charge in [-0.2, -0.15) is 0 Å². The molecule has 7 nitrogen and oxygen atoms in total. The monoisotopic (exact) mass is 308 g/mol. The Kier molecular flexibility index (Phi) is 5.60. The van der Waals surface area contributed by atoms with Crippen LogP contribution in [0, 0.1) is 0 Å². The van der Waals surface area contributed by atoms with Crippen LogP contribution in [-0.4, -0.2) is 43.0 Å². The van der Waals surface area contributed by atoms with Crippen LogP contribution >= 0.6 is 0 Å². The first-order chi connectivity index (χ1) is 10.6. The van der Waals surface area contributed by atoms with Crippen LogP contribution in [0.4, 0.5) is 16.2 Å². The van der Waals surface area contributed by atoms with Gasteiger partial charge in [0.05, 0.1) is 13.2 Å². The van der Waals surface area contributed by atoms with E-state index in [0.29, 0.717) is 24.4 Å². The molecule has 1 unspecified atom stereocenters. The first-order valence-corrected chi connectivity index (χ1v) is 7.14. The standard InChI is InChI=1S/C15H20N2O5/c1-21-15(20)17-11-6-4-10(5-7-11)16-13(14(18)19)9-12-3-2-8-22-12/h4-7,12-13,16H,2-3,8-9H2,1H3,(H,17,20)(H,18,19)/t12-,13?/m0/s1. The summed E-state index contributed by atoms with van der Waals surface area (Å²) in [7, 11) is 1.29. The summed E-state index contributed by atoms with van der Waals surface area (Å²) in [4.78, 5) is 22.4. The molecule has 1 aliphatic heterocycles. The highest BCUT2D eigenvalue weighted by Crippen LogP contribution is 2.20. The lowest BCUT2D eigenvalue weighted by atomic mass is 10.1. The van der Waals surface area contributed by atoms with E-state index in [1.807, 2.05) is 0 Å². The number of hydrogen-bond donors (Lipinski definition) is 3. The third-order valence-corrected chi connectivity index (χ3v) is 3.48. The van der Waals surface area contributed by atoms with Gasteiger partial charge in [0, 0.05) is 24.4 Å². The van der Waals surface area contributed by atoms with Crippen LogP contribution in [0.3, 0.4) is 0 Å². The lowest BCUT2D eigenvalue weighted by molar-refractivity contribution is -0.138. The van der Waals surface area contributed by atoms with Gasteiger partial charge < -0.3 is 19.9 Å². The summed E-state index contributed by atoms with van der Waals surface area (Å²) in [5, 5.41) is 14.8. The number of anilines is 2. The largest absolute Gasteiger partial charge is 0.480 e. The minimum atomic E-state index is -0.910. The SMILES string of the molecule is COC(=O)Nc1ccc(NC(C[C@@H]2CCCO2)C(=O)O)cc1. The number of benzene rings is 1. The Balaban J connectivity index is 1.94. The van der Waals surface area contributed by atoms with E-state index in [1.165, 1.54) is 7.11 Å². The van der Waals surface area contributed by atoms with Crippen molar-refractivity contribution in [3.8, 4) is 0 Å². The number of ether oxygens (including phenoxy) is 2. The van der Waals surface area contributed by atoms with Gasteiger partial charge in [-0.25, -0.2) is 9.59 Å². The molecule has 1 aromatic rings. The molecule has 0 spiro atoms. The molecule has 2 rings (SSSR count). The van der Waals surface area contributed by atoms with E-state index in [1.54, 1.807) is 24.3 Å². The second-order valence-electron chi connectivity index (χ2n) is 5.10. The highest BCUT2D eigenvalue weighted by Gasteiger charge is 2.25. The van der Waals surface area contributed by atoms with E-state index in [0.717, 1.165) is 12.8 Å². The third-order valence-electron chi connectivity index (χ3n) is 3.48. The molecular weight excluding hydrogens is 288 g/mol. The van der Waals surface area contributed by atoms with E-state index in [9.17, 15) is 14.7 Å². The number of carbonyl (C=O) groups is 2. The lowest BCUT2D eigenvalue weighted by Gasteiger charge is -2.19. The summed E-state index contributed by atoms with van der Waals surface area (Å²) in [6, 6.07) is 6.05. The molecule has 22 heavy (non-hydrogen) atoms. The molecule has 1 aliphatic rings. The Morgan fingerprint density at radius 3 is 2.59 bits per heavy atom. The van der Waals surface area contributed by atoms with Gasteiger partial charge in [-0.05, 0) is 37.1 Å². The molecule has 1 saturated heterocycles. The summed E-state index contributed by atoms with van der Waals surface area (Å²) >= 11 is 0. The second-order valence-corrected chi connectivity index (χ2v) is 5.10. The maximum atomic E-state index is 11.4. The van der Waals surface area contributed by atoms with Crippen molar-refractivity contribution in [1.29, 1.82) is 0 Å². The zero-order valence-corrected chi connectivity index (χ0v) is 12.4. The number of hydrogen-bond acceptors (Lipinski definition) is 5. The lowest BCUT2D eigenvalue weighted by Crippen LogP contribution is -2.33. The van der Waals surface area contributed by atoms with Crippen molar-refractivity contribution in [2.45, 2.75) is 31.4 Å². The molecule has 1 heterocycles. The van der Waals surface area contributed by atoms with Gasteiger partial charge in [0.1, 0.15) is 6.04 Å². The number of methoxy groups -OCH3 is 1. The van der Waals surface area contributed by atoms with Crippen molar-refractivity contribution in [2.24, 2.45) is 0 Å². The number of nitrogens with one attached hydrogen (secondary N) is 2. The number of carbonyl (C=O) groups excluding carboxylic acids is 1. The van der Waals surface area contributed by atoms with Crippen LogP contribution in [0.2, 0.25) is 0 Å². The van der Waals surface area contributed by atoms with Crippen molar-refractivity contribution in [2.75, 3.05) is 24.4 Å². The Morgan fingerprint density at radius 1 is 1.36 bits per heavy atom. The van der Waals surface area contributed by atoms with Crippen LogP contribution in [0.1, 0.15) is 19.3 Å². The van der Waals surface area contributed by atoms with Gasteiger partial charge in [-0.3, -0.25) is 5.32 Å². The molecule has 120 valence electrons. The minimum absolute atomic E-state index is 0.00568. The topological polar surface area (TPSA) is 96.9 Å². The minimum Gasteiger partial charge on any atom is -0.480 e. The molecule has 1 aromatic carbocycles. The van der Waals surface area contributed by atoms with E-state index in [2.05, 4.69) is 15.4 Å². The van der Waals surface area contributed by atoms with Crippen LogP contribution in [0.5, 0.6) is 0 Å². The molecule has 1 fully saturated rings. The van der Waals surface area contributed by atoms with Gasteiger partial charge in [-0.15, -0.1) is 0 Å². The number of aliphatic carboxylic acids is 1. The summed E-state index contributed by atoms with van der Waals surface area (Å²) in [5.41, 5.74) is 1.24. The van der Waals surface area contributed by atoms with Gasteiger partial charge in [0.25, 0.3) is 0 Å². The molecule has 3 N–H and O–H groups in total. The summed E-state index contributed by atoms with van der Waals surface area (Å²) in [6.07, 6.45) is 1.74. The molecule has 0 aliphatic carbocycles. The fourth-order valence-corrected chi connectivity index (χ4v) is 2.33. The second kappa shape index (κ2) is 7.65. The van der Waals surface area contributed by atoms with Crippen LogP contribution in [0.25, 0.3) is 0 Å². The Labute approximate surface area is 128 Å². The van der Waals surface area contributed by atoms with Gasteiger partial charge in [-0.1, -0.05) is 0 Å². The Morgan fingerprint density at radius 2 is 2.05 bits per heavy atom. The summed E-state index contributed by atoms with van der Waals surface area (Å²) in [5.74, 6) is -0.910. The Hall–Kier alpha value is -2.28. The van der Waals surface area contributed by atoms with E-state index in [4.69, 9.17) is 4.74 Å². The molecule has 0 saturated carbocycles. The fraction of sp³-hybridized carbons (Fsp3) is 0.467. The first kappa shape index (κ1) is 16.1. The molecule has 0 aromatic heterocycles. The number of carboxylic acids is 1. The molecule has 1 amide bonds. The van der Waals surface area contributed by atoms with Crippen LogP contribution in [-0.2, 0) is 14.3 Å². The Bertz CT molecular complexity index is 511. The summed E-state index contributed by atoms with van der Waals surface area (Å²) < 4.78 is 9.98. The van der Waals surface area contributed by atoms with E-state index in [-0.39, 0.29) is 6.10 Å². The average Bonchev–Trinajstić information content (AvgIpc) is 3.01. The van der Waals surface area contributed by atoms with Crippen molar-refractivity contribution >= 4 is 23.4 Å². The fourth-order valence-electron chi connectivity index (χ4n) is 2.33. The van der Waals surface area contributed by atoms with Gasteiger partial charge in [0.15, 0.2) is 0 Å². The van der Waals surface area contributed by atoms with Gasteiger partial charge >= 0.3 is 12.1 Å². The van der Waals surface area contributed by atoms with Gasteiger partial charge in [0.2, 0.25) is 0 Å². The predicted octanol–water partition coefficient (Wildman–Crippen LogP) is 2.30. The van der Waals surface area contributed by atoms with Crippen molar-refractivity contribution in [3.63, 3.8) is 0 Å². The predicted molar refractivity (Wildman–Crippen MR) is 81.1 cm³/mol. The first-order valence-electron chi connectivity index (χ1n) is 7.14. The van der Waals surface area contributed by atoms with Crippen LogP contribution < -0.4 is 10.6 Å². The quantitative estimate of drug-likeness (QED) is 0.746. The maximum absolute atomic E-state index is 11.4.